The van der Waals surface area contributed by atoms with Crippen LogP contribution in [0.5, 0.6) is 0 Å². The first-order valence-electron chi connectivity index (χ1n) is 8.40. The molecular formula is C20H26N2O4. The summed E-state index contributed by atoms with van der Waals surface area (Å²) in [5.74, 6) is -1.09. The summed E-state index contributed by atoms with van der Waals surface area (Å²) in [4.78, 5) is 23.8. The molecule has 6 heteroatoms. The lowest BCUT2D eigenvalue weighted by atomic mass is 10.2. The first-order valence-corrected chi connectivity index (χ1v) is 8.40. The fraction of sp³-hybridized carbons (Fsp3) is 0.300. The maximum absolute atomic E-state index is 12.1. The van der Waals surface area contributed by atoms with Crippen molar-refractivity contribution in [2.45, 2.75) is 33.3 Å². The van der Waals surface area contributed by atoms with Gasteiger partial charge in [0.05, 0.1) is 5.56 Å². The van der Waals surface area contributed by atoms with Crippen LogP contribution in [0, 0.1) is 0 Å². The van der Waals surface area contributed by atoms with E-state index in [1.165, 1.54) is 18.2 Å². The van der Waals surface area contributed by atoms with E-state index in [2.05, 4.69) is 0 Å². The Labute approximate surface area is 154 Å². The fourth-order valence-corrected chi connectivity index (χ4v) is 2.11. The summed E-state index contributed by atoms with van der Waals surface area (Å²) in [7, 11) is 0. The van der Waals surface area contributed by atoms with Crippen LogP contribution in [0.3, 0.4) is 0 Å². The lowest BCUT2D eigenvalue weighted by Gasteiger charge is -2.13. The third-order valence-electron chi connectivity index (χ3n) is 3.19. The Hall–Kier alpha value is -3.02. The van der Waals surface area contributed by atoms with Crippen LogP contribution in [0.25, 0.3) is 0 Å². The number of anilines is 2. The molecule has 0 heterocycles. The summed E-state index contributed by atoms with van der Waals surface area (Å²) in [5.41, 5.74) is 13.2. The van der Waals surface area contributed by atoms with Gasteiger partial charge in [-0.2, -0.15) is 0 Å². The molecule has 4 N–H and O–H groups in total. The highest BCUT2D eigenvalue weighted by molar-refractivity contribution is 5.91. The van der Waals surface area contributed by atoms with Gasteiger partial charge in [-0.1, -0.05) is 25.2 Å². The van der Waals surface area contributed by atoms with E-state index in [1.54, 1.807) is 19.1 Å². The third kappa shape index (κ3) is 7.70. The van der Waals surface area contributed by atoms with Crippen LogP contribution in [0.15, 0.2) is 54.2 Å². The SMILES string of the molecule is C\C=C/C(/C=C/C(=O)OCC(C)OC(=O)c1cc(N)cc(N)c1)=C\CC. The number of ether oxygens (including phenoxy) is 2. The van der Waals surface area contributed by atoms with Crippen LogP contribution in [0.2, 0.25) is 0 Å². The number of esters is 2. The molecule has 1 aromatic carbocycles. The van der Waals surface area contributed by atoms with Gasteiger partial charge >= 0.3 is 11.9 Å². The van der Waals surface area contributed by atoms with E-state index < -0.39 is 18.0 Å². The molecule has 0 aliphatic carbocycles. The van der Waals surface area contributed by atoms with Gasteiger partial charge in [0.2, 0.25) is 0 Å². The maximum atomic E-state index is 12.1. The number of hydrogen-bond acceptors (Lipinski definition) is 6. The van der Waals surface area contributed by atoms with Crippen LogP contribution in [-0.2, 0) is 14.3 Å². The molecule has 0 radical (unpaired) electrons. The second kappa shape index (κ2) is 10.8. The van der Waals surface area contributed by atoms with Gasteiger partial charge in [0.15, 0.2) is 0 Å². The maximum Gasteiger partial charge on any atom is 0.338 e. The molecule has 140 valence electrons. The molecule has 0 aliphatic heterocycles. The number of rotatable bonds is 8. The second-order valence-electron chi connectivity index (χ2n) is 5.68. The number of carbonyl (C=O) groups excluding carboxylic acids is 2. The summed E-state index contributed by atoms with van der Waals surface area (Å²) in [5, 5.41) is 0. The number of nitrogen functional groups attached to an aromatic ring is 2. The van der Waals surface area contributed by atoms with E-state index in [9.17, 15) is 9.59 Å². The highest BCUT2D eigenvalue weighted by Gasteiger charge is 2.14. The van der Waals surface area contributed by atoms with Crippen molar-refractivity contribution in [3.8, 4) is 0 Å². The Morgan fingerprint density at radius 3 is 2.35 bits per heavy atom. The lowest BCUT2D eigenvalue weighted by molar-refractivity contribution is -0.140. The average Bonchev–Trinajstić information content (AvgIpc) is 2.57. The van der Waals surface area contributed by atoms with Gasteiger partial charge in [0.1, 0.15) is 12.7 Å². The molecule has 0 saturated heterocycles. The van der Waals surface area contributed by atoms with Crippen LogP contribution < -0.4 is 11.5 Å². The molecule has 1 atom stereocenters. The van der Waals surface area contributed by atoms with E-state index in [4.69, 9.17) is 20.9 Å². The Morgan fingerprint density at radius 2 is 1.77 bits per heavy atom. The fourth-order valence-electron chi connectivity index (χ4n) is 2.11. The lowest BCUT2D eigenvalue weighted by Crippen LogP contribution is -2.22. The van der Waals surface area contributed by atoms with Crippen molar-refractivity contribution in [1.82, 2.24) is 0 Å². The van der Waals surface area contributed by atoms with Gasteiger partial charge in [-0.15, -0.1) is 0 Å². The summed E-state index contributed by atoms with van der Waals surface area (Å²) < 4.78 is 10.3. The molecule has 6 nitrogen and oxygen atoms in total. The molecule has 26 heavy (non-hydrogen) atoms. The summed E-state index contributed by atoms with van der Waals surface area (Å²) >= 11 is 0. The first-order chi connectivity index (χ1) is 12.3. The zero-order valence-corrected chi connectivity index (χ0v) is 15.4. The molecule has 0 fully saturated rings. The van der Waals surface area contributed by atoms with Crippen LogP contribution in [0.4, 0.5) is 11.4 Å². The average molecular weight is 358 g/mol. The van der Waals surface area contributed by atoms with Gasteiger partial charge < -0.3 is 20.9 Å². The molecule has 1 aromatic rings. The van der Waals surface area contributed by atoms with Crippen molar-refractivity contribution in [3.63, 3.8) is 0 Å². The smallest absolute Gasteiger partial charge is 0.338 e. The summed E-state index contributed by atoms with van der Waals surface area (Å²) in [6.07, 6.45) is 9.05. The van der Waals surface area contributed by atoms with Crippen molar-refractivity contribution in [2.75, 3.05) is 18.1 Å². The van der Waals surface area contributed by atoms with E-state index >= 15 is 0 Å². The minimum Gasteiger partial charge on any atom is -0.459 e. The number of allylic oxidation sites excluding steroid dienone is 5. The Bertz CT molecular complexity index is 700. The van der Waals surface area contributed by atoms with Gasteiger partial charge in [-0.3, -0.25) is 0 Å². The normalized spacial score (nSPS) is 13.1. The molecule has 0 amide bonds. The largest absolute Gasteiger partial charge is 0.459 e. The van der Waals surface area contributed by atoms with E-state index in [-0.39, 0.29) is 12.2 Å². The van der Waals surface area contributed by atoms with Crippen molar-refractivity contribution in [2.24, 2.45) is 0 Å². The van der Waals surface area contributed by atoms with E-state index in [0.29, 0.717) is 11.4 Å². The van der Waals surface area contributed by atoms with Crippen molar-refractivity contribution in [1.29, 1.82) is 0 Å². The Kier molecular flexibility index (Phi) is 8.70. The Morgan fingerprint density at radius 1 is 1.12 bits per heavy atom. The van der Waals surface area contributed by atoms with Crippen LogP contribution in [0.1, 0.15) is 37.6 Å². The number of carbonyl (C=O) groups is 2. The molecule has 1 unspecified atom stereocenters. The van der Waals surface area contributed by atoms with Crippen molar-refractivity contribution >= 4 is 23.3 Å². The third-order valence-corrected chi connectivity index (χ3v) is 3.19. The standard InChI is InChI=1S/C20H26N2O4/c1-4-6-15(7-5-2)8-9-19(23)25-13-14(3)26-20(24)16-10-17(21)12-18(22)11-16/h4,6-12,14H,5,13,21-22H2,1-3H3/b6-4-,9-8+,15-7+. The quantitative estimate of drug-likeness (QED) is 0.319. The number of nitrogens with two attached hydrogens (primary N) is 2. The molecule has 0 saturated carbocycles. The zero-order valence-electron chi connectivity index (χ0n) is 15.4. The van der Waals surface area contributed by atoms with Gasteiger partial charge in [-0.25, -0.2) is 9.59 Å². The predicted octanol–water partition coefficient (Wildman–Crippen LogP) is 3.41. The minimum absolute atomic E-state index is 0.0524. The monoisotopic (exact) mass is 358 g/mol. The highest BCUT2D eigenvalue weighted by Crippen LogP contribution is 2.15. The van der Waals surface area contributed by atoms with Crippen LogP contribution in [-0.4, -0.2) is 24.6 Å². The van der Waals surface area contributed by atoms with Gasteiger partial charge in [-0.05, 0) is 50.1 Å². The molecule has 0 aromatic heterocycles. The van der Waals surface area contributed by atoms with E-state index in [0.717, 1.165) is 12.0 Å². The molecule has 0 aliphatic rings. The first kappa shape index (κ1) is 21.0. The van der Waals surface area contributed by atoms with Gasteiger partial charge in [0.25, 0.3) is 0 Å². The zero-order chi connectivity index (χ0) is 19.5. The minimum atomic E-state index is -0.608. The Balaban J connectivity index is 2.52. The van der Waals surface area contributed by atoms with Crippen molar-refractivity contribution < 1.29 is 19.1 Å². The molecular weight excluding hydrogens is 332 g/mol. The molecule has 0 spiro atoms. The molecule has 1 rings (SSSR count). The summed E-state index contributed by atoms with van der Waals surface area (Å²) in [6.45, 7) is 5.50. The molecule has 0 bridgehead atoms. The van der Waals surface area contributed by atoms with Gasteiger partial charge in [0, 0.05) is 17.5 Å². The van der Waals surface area contributed by atoms with Crippen molar-refractivity contribution in [3.05, 3.63) is 59.7 Å². The topological polar surface area (TPSA) is 105 Å². The summed E-state index contributed by atoms with van der Waals surface area (Å²) in [6, 6.07) is 4.50. The number of benzene rings is 1. The second-order valence-corrected chi connectivity index (χ2v) is 5.68. The van der Waals surface area contributed by atoms with E-state index in [1.807, 2.05) is 32.1 Å². The van der Waals surface area contributed by atoms with Crippen LogP contribution >= 0.6 is 0 Å². The predicted molar refractivity (Wildman–Crippen MR) is 103 cm³/mol. The number of hydrogen-bond donors (Lipinski definition) is 2. The highest BCUT2D eigenvalue weighted by atomic mass is 16.6.